The number of hydrogen-bond acceptors (Lipinski definition) is 4. The number of carbonyl (C=O) groups excluding carboxylic acids is 1. The summed E-state index contributed by atoms with van der Waals surface area (Å²) >= 11 is 2.95. The number of likely N-dealkylation sites (N-methyl/N-ethyl adjacent to an activating group) is 1. The van der Waals surface area contributed by atoms with Gasteiger partial charge in [-0.05, 0) is 0 Å². The quantitative estimate of drug-likeness (QED) is 0.605. The minimum absolute atomic E-state index is 0.0219. The van der Waals surface area contributed by atoms with Crippen molar-refractivity contribution in [2.45, 2.75) is 6.42 Å². The van der Waals surface area contributed by atoms with E-state index in [0.717, 1.165) is 11.1 Å². The van der Waals surface area contributed by atoms with E-state index in [4.69, 9.17) is 0 Å². The molecule has 1 aliphatic heterocycles. The Morgan fingerprint density at radius 1 is 1.12 bits per heavy atom. The van der Waals surface area contributed by atoms with Gasteiger partial charge in [0.2, 0.25) is 0 Å². The molecule has 0 saturated carbocycles. The zero-order chi connectivity index (χ0) is 18.0. The van der Waals surface area contributed by atoms with Crippen molar-refractivity contribution >= 4 is 32.2 Å². The summed E-state index contributed by atoms with van der Waals surface area (Å²) in [5.41, 5.74) is 2.10. The van der Waals surface area contributed by atoms with Gasteiger partial charge in [0, 0.05) is 0 Å². The first-order valence-electron chi connectivity index (χ1n) is 7.84. The first-order chi connectivity index (χ1) is 12.0. The fraction of sp³-hybridized carbons (Fsp3) is 0.158. The molecule has 2 aromatic carbocycles. The summed E-state index contributed by atoms with van der Waals surface area (Å²) in [5, 5.41) is 19.3. The topological polar surface area (TPSA) is 64.0 Å². The molecule has 1 heterocycles. The van der Waals surface area contributed by atoms with Crippen LogP contribution in [0.25, 0.3) is 6.08 Å². The Morgan fingerprint density at radius 2 is 1.84 bits per heavy atom. The van der Waals surface area contributed by atoms with Crippen molar-refractivity contribution in [2.75, 3.05) is 13.6 Å². The molecule has 2 N–H and O–H groups in total. The van der Waals surface area contributed by atoms with Gasteiger partial charge in [0.05, 0.1) is 0 Å². The van der Waals surface area contributed by atoms with E-state index in [1.54, 1.807) is 29.0 Å². The molecule has 0 bridgehead atoms. The van der Waals surface area contributed by atoms with Gasteiger partial charge in [-0.15, -0.1) is 0 Å². The third-order valence-electron chi connectivity index (χ3n) is 4.12. The Hall–Kier alpha value is -2.56. The van der Waals surface area contributed by atoms with Crippen LogP contribution in [0, 0.1) is 0 Å². The van der Waals surface area contributed by atoms with Gasteiger partial charge < -0.3 is 0 Å². The van der Waals surface area contributed by atoms with Crippen molar-refractivity contribution in [3.8, 4) is 11.5 Å². The predicted molar refractivity (Wildman–Crippen MR) is 98.1 cm³/mol. The van der Waals surface area contributed by atoms with Gasteiger partial charge in [-0.1, -0.05) is 0 Å². The average Bonchev–Trinajstić information content (AvgIpc) is 2.80. The molecule has 3 rings (SSSR count). The number of phenolic OH excluding ortho intramolecular Hbond substituents is 2. The van der Waals surface area contributed by atoms with Crippen LogP contribution in [0.5, 0.6) is 11.5 Å². The summed E-state index contributed by atoms with van der Waals surface area (Å²) < 4.78 is 0.727. The van der Waals surface area contributed by atoms with Crippen LogP contribution < -0.4 is 0 Å². The van der Waals surface area contributed by atoms with Crippen LogP contribution in [0.3, 0.4) is 0 Å². The maximum absolute atomic E-state index is 12.8. The average molecular weight is 401 g/mol. The van der Waals surface area contributed by atoms with Crippen molar-refractivity contribution in [3.05, 3.63) is 65.4 Å². The second kappa shape index (κ2) is 7.13. The van der Waals surface area contributed by atoms with E-state index < -0.39 is 0 Å². The summed E-state index contributed by atoms with van der Waals surface area (Å²) in [6.07, 6.45) is 2.38. The van der Waals surface area contributed by atoms with Crippen molar-refractivity contribution in [3.63, 3.8) is 0 Å². The molecule has 0 aromatic heterocycles. The molecule has 5 nitrogen and oxygen atoms in total. The second-order valence-electron chi connectivity index (χ2n) is 5.81. The maximum atomic E-state index is 12.8. The molecule has 6 heteroatoms. The zero-order valence-corrected chi connectivity index (χ0v) is 15.4. The van der Waals surface area contributed by atoms with Gasteiger partial charge >= 0.3 is 154 Å². The number of hydrogen-bond donors (Lipinski definition) is 2. The monoisotopic (exact) mass is 402 g/mol. The molecule has 1 aliphatic rings. The zero-order valence-electron chi connectivity index (χ0n) is 13.7. The van der Waals surface area contributed by atoms with E-state index in [0.29, 0.717) is 17.8 Å². The van der Waals surface area contributed by atoms with E-state index in [1.165, 1.54) is 17.7 Å². The van der Waals surface area contributed by atoms with Gasteiger partial charge in [-0.3, -0.25) is 0 Å². The van der Waals surface area contributed by atoms with Crippen LogP contribution in [-0.2, 0) is 11.2 Å². The minimum atomic E-state index is -0.125. The first kappa shape index (κ1) is 17.3. The Kier molecular flexibility index (Phi) is 4.93. The van der Waals surface area contributed by atoms with E-state index in [9.17, 15) is 15.0 Å². The van der Waals surface area contributed by atoms with Crippen molar-refractivity contribution in [1.29, 1.82) is 0 Å². The molecule has 0 atom stereocenters. The van der Waals surface area contributed by atoms with E-state index >= 15 is 0 Å². The molecule has 0 unspecified atom stereocenters. The van der Waals surface area contributed by atoms with Crippen LogP contribution in [-0.4, -0.2) is 59.8 Å². The summed E-state index contributed by atoms with van der Waals surface area (Å²) in [4.78, 5) is 16.2. The molecule has 0 radical (unpaired) electrons. The standard InChI is InChI=1S/C19H18N2O3Se/c1-20-16(11-14-7-8-15(22)12-17(14)23)18(24)21(19(20)25)10-9-13-5-3-2-4-6-13/h2-8,11-12,22-23H,9-10H2,1H3/b16-11+. The summed E-state index contributed by atoms with van der Waals surface area (Å²) in [6, 6.07) is 14.3. The Labute approximate surface area is 154 Å². The van der Waals surface area contributed by atoms with Crippen molar-refractivity contribution in [1.82, 2.24) is 9.80 Å². The Morgan fingerprint density at radius 3 is 2.52 bits per heavy atom. The summed E-state index contributed by atoms with van der Waals surface area (Å²) in [5.74, 6) is -0.218. The number of amides is 1. The van der Waals surface area contributed by atoms with Crippen LogP contribution in [0.2, 0.25) is 0 Å². The molecule has 2 aromatic rings. The van der Waals surface area contributed by atoms with Crippen LogP contribution in [0.15, 0.2) is 54.2 Å². The van der Waals surface area contributed by atoms with Crippen LogP contribution in [0.1, 0.15) is 11.1 Å². The molecule has 1 amide bonds. The van der Waals surface area contributed by atoms with Gasteiger partial charge in [0.25, 0.3) is 0 Å². The van der Waals surface area contributed by atoms with E-state index in [1.807, 2.05) is 30.3 Å². The van der Waals surface area contributed by atoms with E-state index in [2.05, 4.69) is 15.6 Å². The first-order valence-corrected chi connectivity index (χ1v) is 8.70. The fourth-order valence-corrected chi connectivity index (χ4v) is 3.27. The number of carbonyl (C=O) groups is 1. The number of benzene rings is 2. The molecule has 0 aliphatic carbocycles. The van der Waals surface area contributed by atoms with Gasteiger partial charge in [0.1, 0.15) is 0 Å². The molecule has 0 spiro atoms. The Balaban J connectivity index is 1.81. The third kappa shape index (κ3) is 3.60. The number of rotatable bonds is 4. The Bertz CT molecular complexity index is 849. The third-order valence-corrected chi connectivity index (χ3v) is 5.15. The molecular formula is C19H18N2O3Se. The van der Waals surface area contributed by atoms with Gasteiger partial charge in [0.15, 0.2) is 0 Å². The van der Waals surface area contributed by atoms with Crippen molar-refractivity contribution < 1.29 is 15.0 Å². The predicted octanol–water partition coefficient (Wildman–Crippen LogP) is 1.71. The molecule has 1 saturated heterocycles. The van der Waals surface area contributed by atoms with Gasteiger partial charge in [-0.2, -0.15) is 0 Å². The van der Waals surface area contributed by atoms with Gasteiger partial charge in [-0.25, -0.2) is 0 Å². The summed E-state index contributed by atoms with van der Waals surface area (Å²) in [7, 11) is 1.80. The molecule has 1 fully saturated rings. The summed E-state index contributed by atoms with van der Waals surface area (Å²) in [6.45, 7) is 0.564. The van der Waals surface area contributed by atoms with Crippen LogP contribution >= 0.6 is 0 Å². The van der Waals surface area contributed by atoms with Crippen LogP contribution in [0.4, 0.5) is 0 Å². The number of aromatic hydroxyl groups is 2. The molecule has 128 valence electrons. The SMILES string of the molecule is CN1C(=[Se])N(CCc2ccccc2)C(=O)/C1=C\c1ccc(O)cc1O. The number of nitrogens with zero attached hydrogens (tertiary/aromatic N) is 2. The number of phenols is 2. The molecular weight excluding hydrogens is 383 g/mol. The van der Waals surface area contributed by atoms with Crippen molar-refractivity contribution in [2.24, 2.45) is 0 Å². The molecule has 25 heavy (non-hydrogen) atoms. The normalized spacial score (nSPS) is 16.1. The fourth-order valence-electron chi connectivity index (χ4n) is 2.70. The second-order valence-corrected chi connectivity index (χ2v) is 6.57. The van der Waals surface area contributed by atoms with E-state index in [-0.39, 0.29) is 17.4 Å².